The van der Waals surface area contributed by atoms with Crippen LogP contribution in [0, 0.1) is 18.2 Å². The first-order valence-electron chi connectivity index (χ1n) is 11.8. The van der Waals surface area contributed by atoms with Crippen LogP contribution in [0.2, 0.25) is 0 Å². The molecule has 36 heavy (non-hydrogen) atoms. The van der Waals surface area contributed by atoms with E-state index in [1.165, 1.54) is 12.4 Å². The number of benzene rings is 2. The number of rotatable bonds is 6. The molecule has 0 spiro atoms. The van der Waals surface area contributed by atoms with E-state index >= 15 is 0 Å². The van der Waals surface area contributed by atoms with Crippen LogP contribution in [0.4, 0.5) is 10.1 Å². The van der Waals surface area contributed by atoms with Crippen molar-refractivity contribution in [1.29, 1.82) is 5.41 Å². The number of hydrogen-bond acceptors (Lipinski definition) is 7. The summed E-state index contributed by atoms with van der Waals surface area (Å²) in [7, 11) is 0. The van der Waals surface area contributed by atoms with Crippen molar-refractivity contribution in [2.45, 2.75) is 45.6 Å². The zero-order valence-corrected chi connectivity index (χ0v) is 19.9. The van der Waals surface area contributed by atoms with E-state index in [0.717, 1.165) is 46.7 Å². The Hall–Kier alpha value is -4.34. The topological polar surface area (TPSA) is 106 Å². The van der Waals surface area contributed by atoms with E-state index in [2.05, 4.69) is 20.5 Å². The third-order valence-corrected chi connectivity index (χ3v) is 6.55. The van der Waals surface area contributed by atoms with E-state index in [0.29, 0.717) is 29.7 Å². The monoisotopic (exact) mass is 485 g/mol. The molecule has 0 saturated heterocycles. The second-order valence-electron chi connectivity index (χ2n) is 9.08. The lowest BCUT2D eigenvalue weighted by atomic mass is 10.1. The maximum Gasteiger partial charge on any atom is 0.230 e. The number of para-hydroxylation sites is 1. The van der Waals surface area contributed by atoms with Crippen LogP contribution >= 0.6 is 0 Å². The maximum atomic E-state index is 14.2. The largest absolute Gasteiger partial charge is 0.484 e. The van der Waals surface area contributed by atoms with Gasteiger partial charge in [0.1, 0.15) is 12.3 Å². The summed E-state index contributed by atoms with van der Waals surface area (Å²) in [5.41, 5.74) is 5.55. The highest BCUT2D eigenvalue weighted by atomic mass is 19.1. The molecule has 182 valence electrons. The molecule has 4 aromatic rings. The number of allylic oxidation sites excluding steroid dienone is 2. The first-order chi connectivity index (χ1) is 17.5. The Morgan fingerprint density at radius 1 is 1.22 bits per heavy atom. The Bertz CT molecular complexity index is 1500. The van der Waals surface area contributed by atoms with Crippen molar-refractivity contribution in [3.8, 4) is 11.4 Å². The highest BCUT2D eigenvalue weighted by Gasteiger charge is 2.32. The molecule has 0 amide bonds. The van der Waals surface area contributed by atoms with Crippen LogP contribution in [0.15, 0.2) is 52.7 Å². The van der Waals surface area contributed by atoms with Crippen molar-refractivity contribution in [1.82, 2.24) is 25.1 Å². The first-order valence-corrected chi connectivity index (χ1v) is 11.8. The molecule has 0 bridgehead atoms. The van der Waals surface area contributed by atoms with Gasteiger partial charge in [-0.15, -0.1) is 5.10 Å². The molecule has 1 fully saturated rings. The average Bonchev–Trinajstić information content (AvgIpc) is 3.51. The van der Waals surface area contributed by atoms with Gasteiger partial charge in [0.05, 0.1) is 23.4 Å². The van der Waals surface area contributed by atoms with Crippen LogP contribution in [0.1, 0.15) is 54.3 Å². The molecule has 10 heteroatoms. The number of aryl methyl sites for hydroxylation is 1. The zero-order chi connectivity index (χ0) is 24.8. The molecule has 0 unspecified atom stereocenters. The number of nitrogens with one attached hydrogen (secondary N) is 1. The summed E-state index contributed by atoms with van der Waals surface area (Å²) < 4.78 is 27.2. The Morgan fingerprint density at radius 3 is 2.83 bits per heavy atom. The van der Waals surface area contributed by atoms with E-state index in [1.807, 2.05) is 36.9 Å². The maximum absolute atomic E-state index is 14.2. The number of nitrogens with zero attached hydrogens (tertiary/aromatic N) is 6. The Labute approximate surface area is 206 Å². The zero-order valence-electron chi connectivity index (χ0n) is 19.9. The lowest BCUT2D eigenvalue weighted by molar-refractivity contribution is 0.285. The Kier molecular flexibility index (Phi) is 5.36. The van der Waals surface area contributed by atoms with Crippen LogP contribution in [-0.4, -0.2) is 31.5 Å². The van der Waals surface area contributed by atoms with Gasteiger partial charge in [-0.05, 0) is 56.5 Å². The molecule has 2 aromatic heterocycles. The standard InChI is InChI=1S/C26H24FN7O2/c1-15-7-10-20-23(11-15)34-22(19(30-32-34)13-35-24-6-4-3-5-18(24)27)12-21(33(20)14-28)16(2)25-29-26(36-31-25)17-8-9-17/h3-7,10-11,14,17,28H,8-9,12-13H2,1-2H3/b21-16+,28-14?. The minimum Gasteiger partial charge on any atom is -0.484 e. The molecule has 2 aliphatic rings. The van der Waals surface area contributed by atoms with Crippen molar-refractivity contribution in [3.63, 3.8) is 0 Å². The van der Waals surface area contributed by atoms with E-state index in [-0.39, 0.29) is 12.4 Å². The molecule has 0 atom stereocenters. The molecule has 2 aromatic carbocycles. The van der Waals surface area contributed by atoms with Crippen molar-refractivity contribution in [3.05, 3.63) is 82.6 Å². The number of halogens is 1. The Balaban J connectivity index is 1.46. The van der Waals surface area contributed by atoms with E-state index < -0.39 is 5.82 Å². The summed E-state index contributed by atoms with van der Waals surface area (Å²) in [4.78, 5) is 6.44. The number of ether oxygens (including phenoxy) is 1. The lowest BCUT2D eigenvalue weighted by Gasteiger charge is -2.23. The second kappa shape index (κ2) is 8.71. The minimum atomic E-state index is -0.438. The van der Waals surface area contributed by atoms with Gasteiger partial charge in [-0.1, -0.05) is 28.6 Å². The van der Waals surface area contributed by atoms with Crippen molar-refractivity contribution in [2.75, 3.05) is 4.90 Å². The number of fused-ring (bicyclic) bond motifs is 3. The van der Waals surface area contributed by atoms with Gasteiger partial charge in [0.25, 0.3) is 0 Å². The first kappa shape index (κ1) is 22.1. The van der Waals surface area contributed by atoms with Crippen molar-refractivity contribution >= 4 is 17.6 Å². The van der Waals surface area contributed by atoms with Crippen LogP contribution in [0.25, 0.3) is 11.3 Å². The third kappa shape index (κ3) is 3.84. The highest BCUT2D eigenvalue weighted by molar-refractivity contribution is 5.90. The summed E-state index contributed by atoms with van der Waals surface area (Å²) in [5, 5.41) is 21.3. The van der Waals surface area contributed by atoms with E-state index in [1.54, 1.807) is 22.9 Å². The van der Waals surface area contributed by atoms with Gasteiger partial charge >= 0.3 is 0 Å². The molecule has 1 N–H and O–H groups in total. The van der Waals surface area contributed by atoms with Gasteiger partial charge < -0.3 is 14.2 Å². The van der Waals surface area contributed by atoms with Crippen LogP contribution in [0.3, 0.4) is 0 Å². The summed E-state index contributed by atoms with van der Waals surface area (Å²) in [5.74, 6) is 1.20. The van der Waals surface area contributed by atoms with Gasteiger partial charge in [-0.3, -0.25) is 5.41 Å². The molecule has 1 aliphatic carbocycles. The molecule has 1 aliphatic heterocycles. The van der Waals surface area contributed by atoms with Gasteiger partial charge in [0, 0.05) is 23.6 Å². The van der Waals surface area contributed by atoms with E-state index in [9.17, 15) is 4.39 Å². The summed E-state index contributed by atoms with van der Waals surface area (Å²) in [6.07, 6.45) is 3.79. The average molecular weight is 486 g/mol. The van der Waals surface area contributed by atoms with Gasteiger partial charge in [0.15, 0.2) is 17.4 Å². The molecule has 3 heterocycles. The summed E-state index contributed by atoms with van der Waals surface area (Å²) >= 11 is 0. The summed E-state index contributed by atoms with van der Waals surface area (Å²) in [6.45, 7) is 3.97. The van der Waals surface area contributed by atoms with Gasteiger partial charge in [-0.2, -0.15) is 4.98 Å². The van der Waals surface area contributed by atoms with Crippen LogP contribution in [-0.2, 0) is 13.0 Å². The number of hydrogen-bond donors (Lipinski definition) is 1. The van der Waals surface area contributed by atoms with Gasteiger partial charge in [0.2, 0.25) is 5.89 Å². The molecule has 9 nitrogen and oxygen atoms in total. The highest BCUT2D eigenvalue weighted by Crippen LogP contribution is 2.40. The minimum absolute atomic E-state index is 0.0440. The fourth-order valence-corrected chi connectivity index (χ4v) is 4.39. The smallest absolute Gasteiger partial charge is 0.230 e. The van der Waals surface area contributed by atoms with Crippen molar-refractivity contribution in [2.24, 2.45) is 0 Å². The number of anilines is 1. The quantitative estimate of drug-likeness (QED) is 0.304. The SMILES string of the molecule is C/C(=C1/Cc2c(COc3ccccc3F)nnn2-c2cc(C)ccc2N1C=N)c1noc(C2CC2)n1. The van der Waals surface area contributed by atoms with Gasteiger partial charge in [-0.25, -0.2) is 9.07 Å². The summed E-state index contributed by atoms with van der Waals surface area (Å²) in [6, 6.07) is 12.2. The van der Waals surface area contributed by atoms with Crippen LogP contribution in [0.5, 0.6) is 5.75 Å². The molecular formula is C26H24FN7O2. The number of aromatic nitrogens is 5. The van der Waals surface area contributed by atoms with Crippen molar-refractivity contribution < 1.29 is 13.7 Å². The Morgan fingerprint density at radius 2 is 2.06 bits per heavy atom. The molecular weight excluding hydrogens is 461 g/mol. The lowest BCUT2D eigenvalue weighted by Crippen LogP contribution is -2.22. The third-order valence-electron chi connectivity index (χ3n) is 6.55. The normalized spacial score (nSPS) is 16.2. The fraction of sp³-hybridized carbons (Fsp3) is 0.269. The predicted molar refractivity (Wildman–Crippen MR) is 131 cm³/mol. The predicted octanol–water partition coefficient (Wildman–Crippen LogP) is 4.95. The molecule has 1 saturated carbocycles. The molecule has 6 rings (SSSR count). The fourth-order valence-electron chi connectivity index (χ4n) is 4.39. The molecule has 0 radical (unpaired) electrons. The van der Waals surface area contributed by atoms with E-state index in [4.69, 9.17) is 14.7 Å². The second-order valence-corrected chi connectivity index (χ2v) is 9.08. The van der Waals surface area contributed by atoms with Crippen LogP contribution < -0.4 is 9.64 Å².